The highest BCUT2D eigenvalue weighted by Gasteiger charge is 2.19. The third kappa shape index (κ3) is 4.50. The summed E-state index contributed by atoms with van der Waals surface area (Å²) < 4.78 is 12.1. The first-order chi connectivity index (χ1) is 14.6. The van der Waals surface area contributed by atoms with Crippen LogP contribution in [0.25, 0.3) is 5.69 Å². The molecule has 1 aliphatic heterocycles. The van der Waals surface area contributed by atoms with Crippen LogP contribution in [0.5, 0.6) is 5.75 Å². The molecule has 0 spiro atoms. The Balaban J connectivity index is 1.51. The fourth-order valence-electron chi connectivity index (χ4n) is 3.48. The summed E-state index contributed by atoms with van der Waals surface area (Å²) in [7, 11) is 1.61. The van der Waals surface area contributed by atoms with E-state index in [0.717, 1.165) is 55.5 Å². The summed E-state index contributed by atoms with van der Waals surface area (Å²) in [6.07, 6.45) is 0. The molecule has 1 aliphatic rings. The van der Waals surface area contributed by atoms with Gasteiger partial charge in [-0.15, -0.1) is 5.10 Å². The molecule has 8 nitrogen and oxygen atoms in total. The van der Waals surface area contributed by atoms with Crippen molar-refractivity contribution in [2.45, 2.75) is 13.5 Å². The number of aromatic nitrogens is 3. The van der Waals surface area contributed by atoms with E-state index in [9.17, 15) is 4.79 Å². The minimum absolute atomic E-state index is 0.253. The van der Waals surface area contributed by atoms with E-state index in [-0.39, 0.29) is 5.91 Å². The number of hydrogen-bond acceptors (Lipinski definition) is 6. The van der Waals surface area contributed by atoms with Gasteiger partial charge in [0.05, 0.1) is 31.7 Å². The molecule has 2 heterocycles. The molecule has 1 fully saturated rings. The number of aryl methyl sites for hydroxylation is 1. The predicted molar refractivity (Wildman–Crippen MR) is 113 cm³/mol. The van der Waals surface area contributed by atoms with E-state index in [1.54, 1.807) is 18.7 Å². The molecule has 1 N–H and O–H groups in total. The smallest absolute Gasteiger partial charge is 0.276 e. The predicted octanol–water partition coefficient (Wildman–Crippen LogP) is 2.67. The number of ether oxygens (including phenoxy) is 2. The number of hydrogen-bond donors (Lipinski definition) is 1. The van der Waals surface area contributed by atoms with Crippen LogP contribution in [0, 0.1) is 6.92 Å². The summed E-state index contributed by atoms with van der Waals surface area (Å²) in [5.41, 5.74) is 3.59. The van der Waals surface area contributed by atoms with Crippen molar-refractivity contribution in [1.82, 2.24) is 19.9 Å². The maximum absolute atomic E-state index is 13.1. The van der Waals surface area contributed by atoms with Crippen LogP contribution in [-0.4, -0.2) is 59.2 Å². The summed E-state index contributed by atoms with van der Waals surface area (Å²) in [5, 5.41) is 11.2. The first-order valence-electron chi connectivity index (χ1n) is 9.91. The Morgan fingerprint density at radius 3 is 2.67 bits per heavy atom. The van der Waals surface area contributed by atoms with E-state index in [2.05, 4.69) is 26.6 Å². The zero-order valence-corrected chi connectivity index (χ0v) is 17.2. The maximum atomic E-state index is 13.1. The number of nitrogens with zero attached hydrogens (tertiary/aromatic N) is 4. The van der Waals surface area contributed by atoms with Crippen molar-refractivity contribution in [2.75, 3.05) is 38.7 Å². The van der Waals surface area contributed by atoms with Crippen LogP contribution in [0.1, 0.15) is 21.7 Å². The third-order valence-electron chi connectivity index (χ3n) is 5.07. The fourth-order valence-corrected chi connectivity index (χ4v) is 3.48. The minimum atomic E-state index is -0.253. The molecular formula is C22H25N5O3. The fraction of sp³-hybridized carbons (Fsp3) is 0.318. The zero-order valence-electron chi connectivity index (χ0n) is 17.2. The molecule has 0 bridgehead atoms. The molecule has 0 saturated carbocycles. The van der Waals surface area contributed by atoms with Crippen molar-refractivity contribution < 1.29 is 14.3 Å². The number of rotatable bonds is 6. The lowest BCUT2D eigenvalue weighted by atomic mass is 10.1. The Morgan fingerprint density at radius 2 is 1.93 bits per heavy atom. The Kier molecular flexibility index (Phi) is 6.06. The number of morpholine rings is 1. The SMILES string of the molecule is COc1ccc(-n2nnc(C)c2C(=O)Nc2cccc(CN3CCOCC3)c2)cc1. The van der Waals surface area contributed by atoms with E-state index < -0.39 is 0 Å². The molecule has 1 saturated heterocycles. The first kappa shape index (κ1) is 20.1. The topological polar surface area (TPSA) is 81.5 Å². The van der Waals surface area contributed by atoms with Gasteiger partial charge in [-0.2, -0.15) is 0 Å². The molecule has 2 aromatic carbocycles. The molecule has 1 amide bonds. The lowest BCUT2D eigenvalue weighted by Crippen LogP contribution is -2.35. The van der Waals surface area contributed by atoms with Crippen molar-refractivity contribution >= 4 is 11.6 Å². The molecule has 30 heavy (non-hydrogen) atoms. The average Bonchev–Trinajstić information content (AvgIpc) is 3.16. The summed E-state index contributed by atoms with van der Waals surface area (Å²) in [6, 6.07) is 15.2. The van der Waals surface area contributed by atoms with Crippen LogP contribution in [0.4, 0.5) is 5.69 Å². The van der Waals surface area contributed by atoms with Gasteiger partial charge in [0.25, 0.3) is 5.91 Å². The number of methoxy groups -OCH3 is 1. The zero-order chi connectivity index (χ0) is 20.9. The van der Waals surface area contributed by atoms with Gasteiger partial charge in [0, 0.05) is 25.3 Å². The molecule has 0 atom stereocenters. The van der Waals surface area contributed by atoms with E-state index in [1.165, 1.54) is 0 Å². The number of nitrogens with one attached hydrogen (secondary N) is 1. The lowest BCUT2D eigenvalue weighted by Gasteiger charge is -2.26. The molecule has 0 unspecified atom stereocenters. The van der Waals surface area contributed by atoms with Crippen molar-refractivity contribution in [1.29, 1.82) is 0 Å². The Hall–Kier alpha value is -3.23. The third-order valence-corrected chi connectivity index (χ3v) is 5.07. The van der Waals surface area contributed by atoms with Gasteiger partial charge in [-0.1, -0.05) is 17.3 Å². The highest BCUT2D eigenvalue weighted by Crippen LogP contribution is 2.19. The largest absolute Gasteiger partial charge is 0.497 e. The highest BCUT2D eigenvalue weighted by molar-refractivity contribution is 6.04. The quantitative estimate of drug-likeness (QED) is 0.677. The van der Waals surface area contributed by atoms with Gasteiger partial charge in [-0.3, -0.25) is 9.69 Å². The number of carbonyl (C=O) groups is 1. The van der Waals surface area contributed by atoms with Gasteiger partial charge in [0.2, 0.25) is 0 Å². The van der Waals surface area contributed by atoms with E-state index in [4.69, 9.17) is 9.47 Å². The second-order valence-electron chi connectivity index (χ2n) is 7.18. The van der Waals surface area contributed by atoms with Crippen LogP contribution in [0.2, 0.25) is 0 Å². The first-order valence-corrected chi connectivity index (χ1v) is 9.91. The number of amides is 1. The van der Waals surface area contributed by atoms with Crippen LogP contribution in [0.3, 0.4) is 0 Å². The van der Waals surface area contributed by atoms with E-state index in [0.29, 0.717) is 11.4 Å². The molecule has 8 heteroatoms. The Morgan fingerprint density at radius 1 is 1.17 bits per heavy atom. The molecule has 1 aromatic heterocycles. The van der Waals surface area contributed by atoms with Gasteiger partial charge in [-0.05, 0) is 48.9 Å². The van der Waals surface area contributed by atoms with Gasteiger partial charge < -0.3 is 14.8 Å². The Bertz CT molecular complexity index is 1010. The monoisotopic (exact) mass is 407 g/mol. The van der Waals surface area contributed by atoms with Crippen LogP contribution < -0.4 is 10.1 Å². The van der Waals surface area contributed by atoms with Crippen molar-refractivity contribution in [3.63, 3.8) is 0 Å². The summed E-state index contributed by atoms with van der Waals surface area (Å²) in [5.74, 6) is 0.482. The van der Waals surface area contributed by atoms with Gasteiger partial charge in [0.1, 0.15) is 5.75 Å². The average molecular weight is 407 g/mol. The molecule has 3 aromatic rings. The van der Waals surface area contributed by atoms with Gasteiger partial charge in [0.15, 0.2) is 5.69 Å². The minimum Gasteiger partial charge on any atom is -0.497 e. The molecule has 156 valence electrons. The second kappa shape index (κ2) is 9.06. The van der Waals surface area contributed by atoms with E-state index in [1.807, 2.05) is 42.5 Å². The molecule has 0 radical (unpaired) electrons. The van der Waals surface area contributed by atoms with Crippen LogP contribution >= 0.6 is 0 Å². The van der Waals surface area contributed by atoms with Crippen molar-refractivity contribution in [3.8, 4) is 11.4 Å². The standard InChI is InChI=1S/C22H25N5O3/c1-16-21(27(25-24-16)19-6-8-20(29-2)9-7-19)22(28)23-18-5-3-4-17(14-18)15-26-10-12-30-13-11-26/h3-9,14H,10-13,15H2,1-2H3,(H,23,28). The van der Waals surface area contributed by atoms with Crippen LogP contribution in [-0.2, 0) is 11.3 Å². The number of anilines is 1. The molecular weight excluding hydrogens is 382 g/mol. The summed E-state index contributed by atoms with van der Waals surface area (Å²) >= 11 is 0. The van der Waals surface area contributed by atoms with Crippen molar-refractivity contribution in [3.05, 3.63) is 65.5 Å². The summed E-state index contributed by atoms with van der Waals surface area (Å²) in [6.45, 7) is 5.97. The molecule has 0 aliphatic carbocycles. The second-order valence-corrected chi connectivity index (χ2v) is 7.18. The number of benzene rings is 2. The lowest BCUT2D eigenvalue weighted by molar-refractivity contribution is 0.0342. The van der Waals surface area contributed by atoms with E-state index >= 15 is 0 Å². The van der Waals surface area contributed by atoms with Gasteiger partial charge >= 0.3 is 0 Å². The Labute approximate surface area is 175 Å². The van der Waals surface area contributed by atoms with Crippen molar-refractivity contribution in [2.24, 2.45) is 0 Å². The van der Waals surface area contributed by atoms with Crippen LogP contribution in [0.15, 0.2) is 48.5 Å². The maximum Gasteiger partial charge on any atom is 0.276 e. The molecule has 4 rings (SSSR count). The van der Waals surface area contributed by atoms with Gasteiger partial charge in [-0.25, -0.2) is 4.68 Å². The summed E-state index contributed by atoms with van der Waals surface area (Å²) in [4.78, 5) is 15.4. The normalized spacial score (nSPS) is 14.5. The number of carbonyl (C=O) groups excluding carboxylic acids is 1. The highest BCUT2D eigenvalue weighted by atomic mass is 16.5.